The van der Waals surface area contributed by atoms with Crippen molar-refractivity contribution >= 4 is 0 Å². The van der Waals surface area contributed by atoms with E-state index >= 15 is 0 Å². The van der Waals surface area contributed by atoms with E-state index in [-0.39, 0.29) is 13.2 Å². The van der Waals surface area contributed by atoms with Gasteiger partial charge in [0.15, 0.2) is 0 Å². The van der Waals surface area contributed by atoms with E-state index in [4.69, 9.17) is 10.2 Å². The van der Waals surface area contributed by atoms with Crippen LogP contribution in [0.1, 0.15) is 19.7 Å². The zero-order valence-corrected chi connectivity index (χ0v) is 8.64. The van der Waals surface area contributed by atoms with E-state index < -0.39 is 5.41 Å². The lowest BCUT2D eigenvalue weighted by atomic mass is 9.88. The van der Waals surface area contributed by atoms with Gasteiger partial charge in [-0.3, -0.25) is 4.68 Å². The molecule has 0 fully saturated rings. The lowest BCUT2D eigenvalue weighted by Gasteiger charge is -2.23. The van der Waals surface area contributed by atoms with E-state index in [1.165, 1.54) is 6.33 Å². The van der Waals surface area contributed by atoms with Crippen LogP contribution >= 0.6 is 0 Å². The predicted molar refractivity (Wildman–Crippen MR) is 51.7 cm³/mol. The Morgan fingerprint density at radius 2 is 2.07 bits per heavy atom. The highest BCUT2D eigenvalue weighted by Crippen LogP contribution is 2.19. The van der Waals surface area contributed by atoms with Crippen molar-refractivity contribution in [2.45, 2.75) is 26.8 Å². The fourth-order valence-corrected chi connectivity index (χ4v) is 1.23. The van der Waals surface area contributed by atoms with E-state index in [2.05, 4.69) is 10.1 Å². The van der Waals surface area contributed by atoms with Crippen molar-refractivity contribution in [2.24, 2.45) is 5.41 Å². The van der Waals surface area contributed by atoms with Gasteiger partial charge in [0.2, 0.25) is 0 Å². The summed E-state index contributed by atoms with van der Waals surface area (Å²) in [6.07, 6.45) is 2.03. The van der Waals surface area contributed by atoms with Gasteiger partial charge in [-0.05, 0) is 6.92 Å². The third-order valence-corrected chi connectivity index (χ3v) is 2.34. The van der Waals surface area contributed by atoms with Crippen LogP contribution in [0, 0.1) is 5.41 Å². The van der Waals surface area contributed by atoms with Gasteiger partial charge in [-0.1, -0.05) is 6.92 Å². The van der Waals surface area contributed by atoms with E-state index in [9.17, 15) is 0 Å². The van der Waals surface area contributed by atoms with E-state index in [1.807, 2.05) is 13.8 Å². The van der Waals surface area contributed by atoms with Gasteiger partial charge in [0.1, 0.15) is 12.2 Å². The van der Waals surface area contributed by atoms with Crippen molar-refractivity contribution < 1.29 is 10.2 Å². The standard InChI is InChI=1S/C9H17N3O2/c1-3-12-8(10-7-11-12)4-9(2,5-13)6-14/h7,13-14H,3-6H2,1-2H3. The van der Waals surface area contributed by atoms with Crippen LogP contribution in [-0.2, 0) is 13.0 Å². The summed E-state index contributed by atoms with van der Waals surface area (Å²) in [7, 11) is 0. The number of aromatic nitrogens is 3. The Bertz CT molecular complexity index is 281. The maximum Gasteiger partial charge on any atom is 0.138 e. The van der Waals surface area contributed by atoms with Gasteiger partial charge >= 0.3 is 0 Å². The lowest BCUT2D eigenvalue weighted by Crippen LogP contribution is -2.30. The Hall–Kier alpha value is -0.940. The van der Waals surface area contributed by atoms with E-state index in [0.29, 0.717) is 6.42 Å². The van der Waals surface area contributed by atoms with Gasteiger partial charge in [0, 0.05) is 18.4 Å². The molecule has 0 saturated heterocycles. The number of hydrogen-bond donors (Lipinski definition) is 2. The fourth-order valence-electron chi connectivity index (χ4n) is 1.23. The van der Waals surface area contributed by atoms with Crippen LogP contribution < -0.4 is 0 Å². The number of aliphatic hydroxyl groups is 2. The monoisotopic (exact) mass is 199 g/mol. The molecule has 0 aliphatic heterocycles. The molecule has 1 aromatic rings. The third kappa shape index (κ3) is 2.30. The first kappa shape index (κ1) is 11.1. The number of aryl methyl sites for hydroxylation is 1. The molecule has 1 heterocycles. The smallest absolute Gasteiger partial charge is 0.138 e. The predicted octanol–water partition coefficient (Wildman–Crippen LogP) is -0.169. The Labute approximate surface area is 83.4 Å². The molecule has 0 radical (unpaired) electrons. The largest absolute Gasteiger partial charge is 0.396 e. The molecule has 0 saturated carbocycles. The van der Waals surface area contributed by atoms with Crippen molar-refractivity contribution in [1.29, 1.82) is 0 Å². The SMILES string of the molecule is CCn1ncnc1CC(C)(CO)CO. The molecule has 5 nitrogen and oxygen atoms in total. The van der Waals surface area contributed by atoms with Gasteiger partial charge in [0.05, 0.1) is 13.2 Å². The van der Waals surface area contributed by atoms with Gasteiger partial charge < -0.3 is 10.2 Å². The van der Waals surface area contributed by atoms with Crippen LogP contribution in [0.15, 0.2) is 6.33 Å². The molecular formula is C9H17N3O2. The average Bonchev–Trinajstić information content (AvgIpc) is 2.65. The molecule has 1 rings (SSSR count). The van der Waals surface area contributed by atoms with Gasteiger partial charge in [-0.2, -0.15) is 5.10 Å². The van der Waals surface area contributed by atoms with E-state index in [0.717, 1.165) is 12.4 Å². The molecule has 0 aliphatic rings. The third-order valence-electron chi connectivity index (χ3n) is 2.34. The molecule has 0 aliphatic carbocycles. The average molecular weight is 199 g/mol. The van der Waals surface area contributed by atoms with Crippen molar-refractivity contribution in [3.8, 4) is 0 Å². The Morgan fingerprint density at radius 3 is 2.57 bits per heavy atom. The Balaban J connectivity index is 2.76. The second-order valence-electron chi connectivity index (χ2n) is 3.80. The van der Waals surface area contributed by atoms with Crippen LogP contribution in [-0.4, -0.2) is 38.2 Å². The molecule has 0 bridgehead atoms. The quantitative estimate of drug-likeness (QED) is 0.690. The summed E-state index contributed by atoms with van der Waals surface area (Å²) in [6.45, 7) is 4.44. The fraction of sp³-hybridized carbons (Fsp3) is 0.778. The molecule has 5 heteroatoms. The minimum absolute atomic E-state index is 0.0555. The molecule has 0 atom stereocenters. The summed E-state index contributed by atoms with van der Waals surface area (Å²) in [6, 6.07) is 0. The maximum atomic E-state index is 9.13. The number of rotatable bonds is 5. The lowest BCUT2D eigenvalue weighted by molar-refractivity contribution is 0.0678. The normalized spacial score (nSPS) is 12.0. The zero-order chi connectivity index (χ0) is 10.6. The highest BCUT2D eigenvalue weighted by Gasteiger charge is 2.25. The molecule has 0 spiro atoms. The molecule has 80 valence electrons. The summed E-state index contributed by atoms with van der Waals surface area (Å²) in [5.41, 5.74) is -0.514. The van der Waals surface area contributed by atoms with Gasteiger partial charge in [0.25, 0.3) is 0 Å². The first-order valence-corrected chi connectivity index (χ1v) is 4.73. The summed E-state index contributed by atoms with van der Waals surface area (Å²) in [5, 5.41) is 22.3. The van der Waals surface area contributed by atoms with Gasteiger partial charge in [-0.25, -0.2) is 4.98 Å². The van der Waals surface area contributed by atoms with Crippen LogP contribution in [0.25, 0.3) is 0 Å². The van der Waals surface area contributed by atoms with Gasteiger partial charge in [-0.15, -0.1) is 0 Å². The summed E-state index contributed by atoms with van der Waals surface area (Å²) >= 11 is 0. The number of nitrogens with zero attached hydrogens (tertiary/aromatic N) is 3. The number of hydrogen-bond acceptors (Lipinski definition) is 4. The maximum absolute atomic E-state index is 9.13. The Morgan fingerprint density at radius 1 is 1.43 bits per heavy atom. The minimum atomic E-state index is -0.514. The van der Waals surface area contributed by atoms with Crippen LogP contribution in [0.3, 0.4) is 0 Å². The summed E-state index contributed by atoms with van der Waals surface area (Å²) in [4.78, 5) is 4.10. The first-order valence-electron chi connectivity index (χ1n) is 4.73. The topological polar surface area (TPSA) is 71.2 Å². The molecule has 0 unspecified atom stereocenters. The molecule has 0 aromatic carbocycles. The molecular weight excluding hydrogens is 182 g/mol. The Kier molecular flexibility index (Phi) is 3.60. The van der Waals surface area contributed by atoms with Crippen LogP contribution in [0.2, 0.25) is 0 Å². The van der Waals surface area contributed by atoms with Crippen molar-refractivity contribution in [3.05, 3.63) is 12.2 Å². The molecule has 14 heavy (non-hydrogen) atoms. The minimum Gasteiger partial charge on any atom is -0.396 e. The van der Waals surface area contributed by atoms with Crippen molar-refractivity contribution in [1.82, 2.24) is 14.8 Å². The van der Waals surface area contributed by atoms with Crippen LogP contribution in [0.5, 0.6) is 0 Å². The molecule has 0 amide bonds. The number of aliphatic hydroxyl groups excluding tert-OH is 2. The van der Waals surface area contributed by atoms with Crippen LogP contribution in [0.4, 0.5) is 0 Å². The van der Waals surface area contributed by atoms with Crippen molar-refractivity contribution in [2.75, 3.05) is 13.2 Å². The van der Waals surface area contributed by atoms with Crippen molar-refractivity contribution in [3.63, 3.8) is 0 Å². The molecule has 2 N–H and O–H groups in total. The van der Waals surface area contributed by atoms with E-state index in [1.54, 1.807) is 4.68 Å². The second-order valence-corrected chi connectivity index (χ2v) is 3.80. The zero-order valence-electron chi connectivity index (χ0n) is 8.64. The highest BCUT2D eigenvalue weighted by molar-refractivity contribution is 4.92. The molecule has 1 aromatic heterocycles. The second kappa shape index (κ2) is 4.52. The highest BCUT2D eigenvalue weighted by atomic mass is 16.3. The first-order chi connectivity index (χ1) is 6.65. The summed E-state index contributed by atoms with van der Waals surface area (Å²) in [5.74, 6) is 0.804. The summed E-state index contributed by atoms with van der Waals surface area (Å²) < 4.78 is 1.77.